The predicted octanol–water partition coefficient (Wildman–Crippen LogP) is 4.29. The largest absolute Gasteiger partial charge is 0.295 e. The molecule has 0 fully saturated rings. The first-order valence-electron chi connectivity index (χ1n) is 5.99. The Morgan fingerprint density at radius 3 is 2.20 bits per heavy atom. The number of carbonyl (C=O) groups excluding carboxylic acids is 1. The molecule has 0 atom stereocenters. The van der Waals surface area contributed by atoms with Crippen molar-refractivity contribution in [2.24, 2.45) is 5.92 Å². The van der Waals surface area contributed by atoms with Crippen LogP contribution in [0.2, 0.25) is 0 Å². The third kappa shape index (κ3) is 5.56. The first-order valence-corrected chi connectivity index (χ1v) is 5.99. The first-order chi connectivity index (χ1) is 7.09. The number of allylic oxidation sites excluding steroid dienone is 4. The Hall–Kier alpha value is -0.850. The Morgan fingerprint density at radius 2 is 1.87 bits per heavy atom. The Bertz CT molecular complexity index is 257. The zero-order valence-electron chi connectivity index (χ0n) is 10.8. The first kappa shape index (κ1) is 14.2. The van der Waals surface area contributed by atoms with E-state index in [1.54, 1.807) is 6.92 Å². The molecule has 1 aliphatic rings. The molecule has 1 aliphatic carbocycles. The predicted molar refractivity (Wildman–Crippen MR) is 66.9 cm³/mol. The minimum absolute atomic E-state index is 0.222. The van der Waals surface area contributed by atoms with E-state index in [0.29, 0.717) is 0 Å². The standard InChI is InChI=1S/C12H18O.C2H6/c1-9(2)8-11-4-6-12(7-5-11)10(3)13;1-2/h4,6,9H,5,7-8H2,1-3H3;1-2H3. The second kappa shape index (κ2) is 7.44. The van der Waals surface area contributed by atoms with Crippen molar-refractivity contribution in [3.63, 3.8) is 0 Å². The van der Waals surface area contributed by atoms with Gasteiger partial charge in [-0.3, -0.25) is 4.79 Å². The third-order valence-corrected chi connectivity index (χ3v) is 2.36. The molecule has 0 radical (unpaired) electrons. The van der Waals surface area contributed by atoms with Gasteiger partial charge in [-0.25, -0.2) is 0 Å². The summed E-state index contributed by atoms with van der Waals surface area (Å²) in [7, 11) is 0. The Labute approximate surface area is 94.3 Å². The van der Waals surface area contributed by atoms with Gasteiger partial charge in [0.1, 0.15) is 0 Å². The topological polar surface area (TPSA) is 17.1 Å². The van der Waals surface area contributed by atoms with E-state index < -0.39 is 0 Å². The molecular weight excluding hydrogens is 184 g/mol. The minimum Gasteiger partial charge on any atom is -0.295 e. The molecule has 86 valence electrons. The van der Waals surface area contributed by atoms with Crippen LogP contribution in [0, 0.1) is 5.92 Å². The molecule has 0 saturated carbocycles. The van der Waals surface area contributed by atoms with Crippen molar-refractivity contribution in [1.29, 1.82) is 0 Å². The highest BCUT2D eigenvalue weighted by atomic mass is 16.1. The zero-order chi connectivity index (χ0) is 11.8. The van der Waals surface area contributed by atoms with Crippen LogP contribution in [0.1, 0.15) is 53.9 Å². The number of rotatable bonds is 3. The van der Waals surface area contributed by atoms with Crippen LogP contribution in [0.15, 0.2) is 23.3 Å². The second-order valence-corrected chi connectivity index (χ2v) is 4.17. The summed E-state index contributed by atoms with van der Waals surface area (Å²) in [6.45, 7) is 10.1. The maximum Gasteiger partial charge on any atom is 0.155 e. The second-order valence-electron chi connectivity index (χ2n) is 4.17. The summed E-state index contributed by atoms with van der Waals surface area (Å²) in [5.41, 5.74) is 2.47. The van der Waals surface area contributed by atoms with Gasteiger partial charge in [0.15, 0.2) is 5.78 Å². The van der Waals surface area contributed by atoms with E-state index in [2.05, 4.69) is 19.9 Å². The summed E-state index contributed by atoms with van der Waals surface area (Å²) in [6.07, 6.45) is 7.29. The van der Waals surface area contributed by atoms with Crippen LogP contribution in [0.5, 0.6) is 0 Å². The highest BCUT2D eigenvalue weighted by Crippen LogP contribution is 2.23. The van der Waals surface area contributed by atoms with Crippen molar-refractivity contribution < 1.29 is 4.79 Å². The summed E-state index contributed by atoms with van der Waals surface area (Å²) in [5.74, 6) is 0.943. The number of hydrogen-bond donors (Lipinski definition) is 0. The number of carbonyl (C=O) groups is 1. The molecule has 15 heavy (non-hydrogen) atoms. The van der Waals surface area contributed by atoms with Crippen LogP contribution in [0.25, 0.3) is 0 Å². The van der Waals surface area contributed by atoms with Gasteiger partial charge in [0, 0.05) is 0 Å². The van der Waals surface area contributed by atoms with Crippen LogP contribution in [0.4, 0.5) is 0 Å². The van der Waals surface area contributed by atoms with Crippen molar-refractivity contribution in [3.8, 4) is 0 Å². The fourth-order valence-corrected chi connectivity index (χ4v) is 1.67. The van der Waals surface area contributed by atoms with Gasteiger partial charge >= 0.3 is 0 Å². The van der Waals surface area contributed by atoms with Gasteiger partial charge in [0.2, 0.25) is 0 Å². The molecule has 0 aromatic carbocycles. The Morgan fingerprint density at radius 1 is 1.27 bits per heavy atom. The molecule has 1 nitrogen and oxygen atoms in total. The molecule has 0 aromatic rings. The van der Waals surface area contributed by atoms with Crippen LogP contribution in [-0.4, -0.2) is 5.78 Å². The van der Waals surface area contributed by atoms with E-state index in [9.17, 15) is 4.79 Å². The maximum atomic E-state index is 11.0. The van der Waals surface area contributed by atoms with Crippen LogP contribution >= 0.6 is 0 Å². The SMILES string of the molecule is CC.CC(=O)C1=CC=C(CC(C)C)CC1. The normalized spacial score (nSPS) is 15.1. The van der Waals surface area contributed by atoms with Crippen LogP contribution < -0.4 is 0 Å². The Kier molecular flexibility index (Phi) is 7.02. The average molecular weight is 208 g/mol. The molecule has 0 bridgehead atoms. The lowest BCUT2D eigenvalue weighted by Gasteiger charge is -2.14. The van der Waals surface area contributed by atoms with Crippen molar-refractivity contribution in [2.45, 2.75) is 53.9 Å². The molecule has 0 heterocycles. The van der Waals surface area contributed by atoms with E-state index >= 15 is 0 Å². The van der Waals surface area contributed by atoms with Gasteiger partial charge in [-0.05, 0) is 37.7 Å². The highest BCUT2D eigenvalue weighted by molar-refractivity contribution is 5.93. The molecule has 1 heteroatoms. The van der Waals surface area contributed by atoms with E-state index in [4.69, 9.17) is 0 Å². The lowest BCUT2D eigenvalue weighted by atomic mass is 9.91. The summed E-state index contributed by atoms with van der Waals surface area (Å²) < 4.78 is 0. The van der Waals surface area contributed by atoms with Crippen molar-refractivity contribution >= 4 is 5.78 Å². The molecule has 0 N–H and O–H groups in total. The fourth-order valence-electron chi connectivity index (χ4n) is 1.67. The summed E-state index contributed by atoms with van der Waals surface area (Å²) in [4.78, 5) is 11.0. The molecule has 0 spiro atoms. The molecule has 0 aromatic heterocycles. The lowest BCUT2D eigenvalue weighted by Crippen LogP contribution is -2.02. The van der Waals surface area contributed by atoms with Gasteiger partial charge in [-0.2, -0.15) is 0 Å². The molecular formula is C14H24O. The molecule has 0 amide bonds. The minimum atomic E-state index is 0.222. The molecule has 1 rings (SSSR count). The number of hydrogen-bond acceptors (Lipinski definition) is 1. The molecule has 0 saturated heterocycles. The quantitative estimate of drug-likeness (QED) is 0.676. The van der Waals surface area contributed by atoms with E-state index in [1.807, 2.05) is 19.9 Å². The molecule has 0 unspecified atom stereocenters. The summed E-state index contributed by atoms with van der Waals surface area (Å²) >= 11 is 0. The monoisotopic (exact) mass is 208 g/mol. The van der Waals surface area contributed by atoms with Gasteiger partial charge < -0.3 is 0 Å². The van der Waals surface area contributed by atoms with Crippen LogP contribution in [0.3, 0.4) is 0 Å². The van der Waals surface area contributed by atoms with Crippen molar-refractivity contribution in [1.82, 2.24) is 0 Å². The van der Waals surface area contributed by atoms with Crippen molar-refractivity contribution in [2.75, 3.05) is 0 Å². The number of Topliss-reactive ketones (excluding diaryl/α,β-unsaturated/α-hetero) is 1. The van der Waals surface area contributed by atoms with E-state index in [-0.39, 0.29) is 5.78 Å². The maximum absolute atomic E-state index is 11.0. The number of ketones is 1. The average Bonchev–Trinajstić information content (AvgIpc) is 2.20. The van der Waals surface area contributed by atoms with E-state index in [0.717, 1.165) is 24.3 Å². The van der Waals surface area contributed by atoms with Gasteiger partial charge in [0.05, 0.1) is 0 Å². The smallest absolute Gasteiger partial charge is 0.155 e. The lowest BCUT2D eigenvalue weighted by molar-refractivity contribution is -0.113. The summed E-state index contributed by atoms with van der Waals surface area (Å²) in [6, 6.07) is 0. The van der Waals surface area contributed by atoms with E-state index in [1.165, 1.54) is 12.0 Å². The summed E-state index contributed by atoms with van der Waals surface area (Å²) in [5, 5.41) is 0. The highest BCUT2D eigenvalue weighted by Gasteiger charge is 2.10. The Balaban J connectivity index is 0.000000921. The van der Waals surface area contributed by atoms with Gasteiger partial charge in [-0.1, -0.05) is 45.4 Å². The van der Waals surface area contributed by atoms with Gasteiger partial charge in [0.25, 0.3) is 0 Å². The van der Waals surface area contributed by atoms with Crippen LogP contribution in [-0.2, 0) is 4.79 Å². The van der Waals surface area contributed by atoms with Gasteiger partial charge in [-0.15, -0.1) is 0 Å². The zero-order valence-corrected chi connectivity index (χ0v) is 10.8. The van der Waals surface area contributed by atoms with Crippen molar-refractivity contribution in [3.05, 3.63) is 23.3 Å². The third-order valence-electron chi connectivity index (χ3n) is 2.36. The molecule has 0 aliphatic heterocycles. The fraction of sp³-hybridized carbons (Fsp3) is 0.643.